The summed E-state index contributed by atoms with van der Waals surface area (Å²) in [6.45, 7) is 5.65. The summed E-state index contributed by atoms with van der Waals surface area (Å²) in [7, 11) is -2.99. The Morgan fingerprint density at radius 3 is 2.70 bits per heavy atom. The quantitative estimate of drug-likeness (QED) is 0.608. The number of hydroxylamine groups is 1. The molecule has 0 spiro atoms. The first-order valence-electron chi connectivity index (χ1n) is 7.76. The zero-order chi connectivity index (χ0) is 20.2. The molecule has 2 aromatic rings. The van der Waals surface area contributed by atoms with Gasteiger partial charge in [0.2, 0.25) is 5.82 Å². The van der Waals surface area contributed by atoms with Gasteiger partial charge in [0.1, 0.15) is 0 Å². The van der Waals surface area contributed by atoms with Gasteiger partial charge in [0.15, 0.2) is 4.21 Å². The second-order valence-corrected chi connectivity index (χ2v) is 9.53. The number of sulfonamides is 1. The number of anilines is 1. The van der Waals surface area contributed by atoms with Gasteiger partial charge in [-0.05, 0) is 40.2 Å². The molecule has 2 amide bonds. The molecule has 1 N–H and O–H groups in total. The zero-order valence-electron chi connectivity index (χ0n) is 15.1. The van der Waals surface area contributed by atoms with E-state index in [0.29, 0.717) is 14.5 Å². The number of nitrogens with one attached hydrogen (secondary N) is 1. The van der Waals surface area contributed by atoms with Crippen LogP contribution in [-0.2, 0) is 14.9 Å². The largest absolute Gasteiger partial charge is 0.478 e. The molecule has 0 aliphatic carbocycles. The summed E-state index contributed by atoms with van der Waals surface area (Å²) in [4.78, 5) is 26.0. The van der Waals surface area contributed by atoms with Crippen molar-refractivity contribution < 1.29 is 22.8 Å². The highest BCUT2D eigenvalue weighted by molar-refractivity contribution is 9.10. The fraction of sp³-hybridized carbons (Fsp3) is 0.400. The first kappa shape index (κ1) is 21.5. The van der Waals surface area contributed by atoms with Gasteiger partial charge >= 0.3 is 6.03 Å². The molecule has 0 bridgehead atoms. The van der Waals surface area contributed by atoms with Crippen LogP contribution in [0, 0.1) is 12.8 Å². The molecule has 0 unspecified atom stereocenters. The standard InChI is InChI=1S/C15H19BrN4O5S2/c1-9(2)8-25-19-15(21)20(12-13(24-4)18-10(3)7-17-12)27(22,23)14-11(16)5-6-26-14/h5-7,9H,8H2,1-4H3,(H,19,21). The van der Waals surface area contributed by atoms with Crippen molar-refractivity contribution in [2.45, 2.75) is 25.0 Å². The van der Waals surface area contributed by atoms with E-state index in [0.717, 1.165) is 11.3 Å². The minimum atomic E-state index is -4.31. The van der Waals surface area contributed by atoms with Crippen molar-refractivity contribution in [3.8, 4) is 5.88 Å². The van der Waals surface area contributed by atoms with Gasteiger partial charge in [-0.25, -0.2) is 20.2 Å². The van der Waals surface area contributed by atoms with Crippen molar-refractivity contribution in [3.05, 3.63) is 27.8 Å². The minimum Gasteiger partial charge on any atom is -0.478 e. The number of hydrogen-bond donors (Lipinski definition) is 1. The van der Waals surface area contributed by atoms with Crippen LogP contribution < -0.4 is 14.5 Å². The molecule has 0 radical (unpaired) electrons. The molecule has 2 rings (SSSR count). The smallest absolute Gasteiger partial charge is 0.361 e. The van der Waals surface area contributed by atoms with Crippen LogP contribution in [0.5, 0.6) is 5.88 Å². The lowest BCUT2D eigenvalue weighted by molar-refractivity contribution is 0.0471. The van der Waals surface area contributed by atoms with E-state index in [9.17, 15) is 13.2 Å². The van der Waals surface area contributed by atoms with Crippen molar-refractivity contribution in [2.24, 2.45) is 5.92 Å². The Morgan fingerprint density at radius 2 is 2.15 bits per heavy atom. The van der Waals surface area contributed by atoms with Crippen LogP contribution in [0.3, 0.4) is 0 Å². The summed E-state index contributed by atoms with van der Waals surface area (Å²) in [6, 6.07) is 0.536. The summed E-state index contributed by atoms with van der Waals surface area (Å²) in [6.07, 6.45) is 1.34. The summed E-state index contributed by atoms with van der Waals surface area (Å²) in [5, 5.41) is 1.58. The molecule has 12 heteroatoms. The fourth-order valence-corrected chi connectivity index (χ4v) is 5.58. The summed E-state index contributed by atoms with van der Waals surface area (Å²) >= 11 is 4.14. The number of methoxy groups -OCH3 is 1. The van der Waals surface area contributed by atoms with Gasteiger partial charge in [-0.3, -0.25) is 4.84 Å². The van der Waals surface area contributed by atoms with Gasteiger partial charge < -0.3 is 4.74 Å². The maximum absolute atomic E-state index is 13.2. The average Bonchev–Trinajstić information content (AvgIpc) is 3.02. The highest BCUT2D eigenvalue weighted by Gasteiger charge is 2.37. The van der Waals surface area contributed by atoms with E-state index >= 15 is 0 Å². The van der Waals surface area contributed by atoms with E-state index in [1.54, 1.807) is 18.4 Å². The van der Waals surface area contributed by atoms with Crippen LogP contribution in [0.15, 0.2) is 26.3 Å². The number of hydrogen-bond acceptors (Lipinski definition) is 8. The number of carbonyl (C=O) groups is 1. The van der Waals surface area contributed by atoms with Gasteiger partial charge in [-0.1, -0.05) is 13.8 Å². The van der Waals surface area contributed by atoms with E-state index in [-0.39, 0.29) is 28.4 Å². The Kier molecular flexibility index (Phi) is 7.14. The first-order valence-corrected chi connectivity index (χ1v) is 10.9. The number of nitrogens with zero attached hydrogens (tertiary/aromatic N) is 3. The Balaban J connectivity index is 2.53. The molecule has 148 valence electrons. The van der Waals surface area contributed by atoms with Gasteiger partial charge in [0.05, 0.1) is 25.6 Å². The predicted octanol–water partition coefficient (Wildman–Crippen LogP) is 3.11. The van der Waals surface area contributed by atoms with Crippen LogP contribution in [0.4, 0.5) is 10.6 Å². The number of halogens is 1. The molecule has 0 fully saturated rings. The average molecular weight is 479 g/mol. The molecular formula is C15H19BrN4O5S2. The second kappa shape index (κ2) is 8.95. The van der Waals surface area contributed by atoms with E-state index in [1.807, 2.05) is 13.8 Å². The van der Waals surface area contributed by atoms with Gasteiger partial charge in [-0.2, -0.15) is 12.7 Å². The lowest BCUT2D eigenvalue weighted by Gasteiger charge is -2.22. The third-order valence-corrected chi connectivity index (χ3v) is 7.37. The van der Waals surface area contributed by atoms with Crippen LogP contribution in [0.1, 0.15) is 19.5 Å². The topological polar surface area (TPSA) is 111 Å². The molecular weight excluding hydrogens is 460 g/mol. The number of rotatable bonds is 7. The van der Waals surface area contributed by atoms with Crippen LogP contribution in [-0.4, -0.2) is 38.1 Å². The Bertz CT molecular complexity index is 917. The molecule has 0 aromatic carbocycles. The number of thiophene rings is 1. The molecule has 0 aliphatic rings. The third-order valence-electron chi connectivity index (χ3n) is 3.05. The maximum atomic E-state index is 13.2. The number of aryl methyl sites for hydroxylation is 1. The van der Waals surface area contributed by atoms with Crippen molar-refractivity contribution in [1.29, 1.82) is 0 Å². The Hall–Kier alpha value is -1.76. The van der Waals surface area contributed by atoms with Crippen molar-refractivity contribution >= 4 is 49.1 Å². The van der Waals surface area contributed by atoms with E-state index in [2.05, 4.69) is 31.4 Å². The monoisotopic (exact) mass is 478 g/mol. The first-order chi connectivity index (χ1) is 12.7. The van der Waals surface area contributed by atoms with Crippen LogP contribution >= 0.6 is 27.3 Å². The highest BCUT2D eigenvalue weighted by Crippen LogP contribution is 2.35. The molecule has 2 heterocycles. The van der Waals surface area contributed by atoms with Crippen molar-refractivity contribution in [3.63, 3.8) is 0 Å². The summed E-state index contributed by atoms with van der Waals surface area (Å²) in [5.41, 5.74) is 2.64. The Labute approximate surface area is 169 Å². The maximum Gasteiger partial charge on any atom is 0.361 e. The van der Waals surface area contributed by atoms with Gasteiger partial charge in [0.25, 0.3) is 15.9 Å². The molecule has 9 nitrogen and oxygen atoms in total. The lowest BCUT2D eigenvalue weighted by Crippen LogP contribution is -2.45. The number of ether oxygens (including phenoxy) is 1. The molecule has 0 saturated heterocycles. The predicted molar refractivity (Wildman–Crippen MR) is 104 cm³/mol. The zero-order valence-corrected chi connectivity index (χ0v) is 18.3. The fourth-order valence-electron chi connectivity index (χ4n) is 1.90. The summed E-state index contributed by atoms with van der Waals surface area (Å²) < 4.78 is 32.2. The minimum absolute atomic E-state index is 0.0639. The van der Waals surface area contributed by atoms with Crippen LogP contribution in [0.2, 0.25) is 0 Å². The Morgan fingerprint density at radius 1 is 1.44 bits per heavy atom. The van der Waals surface area contributed by atoms with Crippen molar-refractivity contribution in [1.82, 2.24) is 15.4 Å². The third kappa shape index (κ3) is 4.94. The highest BCUT2D eigenvalue weighted by atomic mass is 79.9. The van der Waals surface area contributed by atoms with Crippen LogP contribution in [0.25, 0.3) is 0 Å². The molecule has 0 saturated carbocycles. The number of urea groups is 1. The van der Waals surface area contributed by atoms with E-state index in [4.69, 9.17) is 9.57 Å². The molecule has 0 aliphatic heterocycles. The van der Waals surface area contributed by atoms with Crippen molar-refractivity contribution in [2.75, 3.05) is 18.0 Å². The van der Waals surface area contributed by atoms with E-state index in [1.165, 1.54) is 13.3 Å². The van der Waals surface area contributed by atoms with Gasteiger partial charge in [0, 0.05) is 4.47 Å². The number of amides is 2. The molecule has 2 aromatic heterocycles. The van der Waals surface area contributed by atoms with E-state index < -0.39 is 16.1 Å². The van der Waals surface area contributed by atoms with Gasteiger partial charge in [-0.15, -0.1) is 11.3 Å². The number of carbonyl (C=O) groups excluding carboxylic acids is 1. The second-order valence-electron chi connectivity index (χ2n) is 5.78. The molecule has 27 heavy (non-hydrogen) atoms. The lowest BCUT2D eigenvalue weighted by atomic mass is 10.2. The molecule has 0 atom stereocenters. The number of aromatic nitrogens is 2. The summed E-state index contributed by atoms with van der Waals surface area (Å²) in [5.74, 6) is -0.241. The normalized spacial score (nSPS) is 11.5. The SMILES string of the molecule is COc1nc(C)cnc1N(C(=O)NOCC(C)C)S(=O)(=O)c1sccc1Br.